The number of carbonyl (C=O) groups excluding carboxylic acids is 2. The molecule has 0 aliphatic heterocycles. The molecule has 0 heterocycles. The molecule has 0 bridgehead atoms. The fraction of sp³-hybridized carbons (Fsp3) is 0.977. The molecule has 0 aromatic heterocycles. The topological polar surface area (TPSA) is 95.9 Å². The van der Waals surface area contributed by atoms with Crippen LogP contribution >= 0.6 is 0 Å². The van der Waals surface area contributed by atoms with E-state index in [1.165, 1.54) is 443 Å². The summed E-state index contributed by atoms with van der Waals surface area (Å²) in [4.78, 5) is 24.7. The van der Waals surface area contributed by atoms with Crippen LogP contribution < -0.4 is 5.32 Å². The first-order valence-corrected chi connectivity index (χ1v) is 43.3. The van der Waals surface area contributed by atoms with Gasteiger partial charge in [0, 0.05) is 12.8 Å². The van der Waals surface area contributed by atoms with E-state index in [2.05, 4.69) is 19.2 Å². The van der Waals surface area contributed by atoms with Crippen molar-refractivity contribution in [1.29, 1.82) is 0 Å². The Morgan fingerprint density at radius 1 is 0.261 bits per heavy atom. The van der Waals surface area contributed by atoms with Gasteiger partial charge >= 0.3 is 5.97 Å². The van der Waals surface area contributed by atoms with E-state index in [4.69, 9.17) is 4.74 Å². The molecule has 3 N–H and O–H groups in total. The molecule has 0 radical (unpaired) electrons. The van der Waals surface area contributed by atoms with Crippen LogP contribution in [0.5, 0.6) is 0 Å². The first-order chi connectivity index (χ1) is 45.5. The number of unbranched alkanes of at least 4 members (excludes halogenated alkanes) is 72. The van der Waals surface area contributed by atoms with Crippen LogP contribution in [0.15, 0.2) is 0 Å². The van der Waals surface area contributed by atoms with E-state index in [0.717, 1.165) is 38.5 Å². The van der Waals surface area contributed by atoms with Crippen molar-refractivity contribution in [2.75, 3.05) is 13.2 Å². The maximum Gasteiger partial charge on any atom is 0.305 e. The van der Waals surface area contributed by atoms with Crippen LogP contribution in [0.4, 0.5) is 0 Å². The van der Waals surface area contributed by atoms with E-state index in [9.17, 15) is 19.8 Å². The number of rotatable bonds is 83. The van der Waals surface area contributed by atoms with Crippen LogP contribution in [0.2, 0.25) is 0 Å². The molecule has 0 aromatic carbocycles. The zero-order valence-corrected chi connectivity index (χ0v) is 63.3. The number of nitrogens with one attached hydrogen (secondary N) is 1. The van der Waals surface area contributed by atoms with Gasteiger partial charge in [-0.05, 0) is 25.7 Å². The smallest absolute Gasteiger partial charge is 0.305 e. The van der Waals surface area contributed by atoms with E-state index < -0.39 is 12.1 Å². The Kier molecular flexibility index (Phi) is 81.3. The third kappa shape index (κ3) is 77.9. The SMILES string of the molecule is CCCCCCCCCCCCCCCCCCCCCCCCCCCC(O)C(CO)NC(=O)CCCCCCCCCCCCCCCCCCCCCCCCCCCCCCCCCOC(=O)CCCCCCCCCCCCCCCCCCCCC. The molecule has 0 spiro atoms. The Hall–Kier alpha value is -1.14. The highest BCUT2D eigenvalue weighted by molar-refractivity contribution is 5.76. The predicted octanol–water partition coefficient (Wildman–Crippen LogP) is 28.8. The van der Waals surface area contributed by atoms with Gasteiger partial charge in [0.2, 0.25) is 5.91 Å². The zero-order chi connectivity index (χ0) is 66.3. The molecule has 1 amide bonds. The second kappa shape index (κ2) is 82.3. The lowest BCUT2D eigenvalue weighted by atomic mass is 10.0. The summed E-state index contributed by atoms with van der Waals surface area (Å²) in [5, 5.41) is 23.5. The van der Waals surface area contributed by atoms with Gasteiger partial charge in [-0.2, -0.15) is 0 Å². The van der Waals surface area contributed by atoms with Crippen LogP contribution in [0, 0.1) is 0 Å². The molecule has 0 saturated heterocycles. The molecule has 0 aliphatic carbocycles. The van der Waals surface area contributed by atoms with Crippen molar-refractivity contribution in [3.63, 3.8) is 0 Å². The summed E-state index contributed by atoms with van der Waals surface area (Å²) in [6.07, 6.45) is 104. The van der Waals surface area contributed by atoms with Crippen molar-refractivity contribution in [3.8, 4) is 0 Å². The van der Waals surface area contributed by atoms with E-state index in [1.54, 1.807) is 0 Å². The highest BCUT2D eigenvalue weighted by Crippen LogP contribution is 2.21. The largest absolute Gasteiger partial charge is 0.466 e. The number of esters is 1. The molecule has 0 aliphatic rings. The predicted molar refractivity (Wildman–Crippen MR) is 407 cm³/mol. The second-order valence-electron chi connectivity index (χ2n) is 30.2. The van der Waals surface area contributed by atoms with Crippen molar-refractivity contribution in [2.24, 2.45) is 0 Å². The Balaban J connectivity index is 3.31. The lowest BCUT2D eigenvalue weighted by Crippen LogP contribution is -2.45. The molecular weight excluding hydrogens is 1130 g/mol. The van der Waals surface area contributed by atoms with Crippen LogP contribution in [0.25, 0.3) is 0 Å². The molecule has 92 heavy (non-hydrogen) atoms. The summed E-state index contributed by atoms with van der Waals surface area (Å²) in [6, 6.07) is -0.539. The summed E-state index contributed by atoms with van der Waals surface area (Å²) in [7, 11) is 0. The molecule has 0 rings (SSSR count). The average molecular weight is 1300 g/mol. The number of hydrogen-bond donors (Lipinski definition) is 3. The summed E-state index contributed by atoms with van der Waals surface area (Å²) < 4.78 is 5.53. The van der Waals surface area contributed by atoms with Gasteiger partial charge in [0.25, 0.3) is 0 Å². The quantitative estimate of drug-likeness (QED) is 0.0417. The summed E-state index contributed by atoms with van der Waals surface area (Å²) in [6.45, 7) is 5.03. The zero-order valence-electron chi connectivity index (χ0n) is 63.3. The summed E-state index contributed by atoms with van der Waals surface area (Å²) in [5.41, 5.74) is 0. The minimum atomic E-state index is -0.662. The van der Waals surface area contributed by atoms with E-state index in [-0.39, 0.29) is 18.5 Å². The molecule has 550 valence electrons. The second-order valence-corrected chi connectivity index (χ2v) is 30.2. The van der Waals surface area contributed by atoms with Crippen LogP contribution in [0.1, 0.15) is 515 Å². The molecule has 0 fully saturated rings. The van der Waals surface area contributed by atoms with Crippen molar-refractivity contribution in [1.82, 2.24) is 5.32 Å². The minimum Gasteiger partial charge on any atom is -0.466 e. The molecule has 0 saturated carbocycles. The standard InChI is InChI=1S/C86H171NO5/c1-3-5-7-9-11-13-15-17-19-21-23-24-25-33-36-39-43-46-50-54-58-62-66-70-74-78-84(89)83(82-88)87-85(90)79-75-71-67-63-59-55-51-47-44-40-37-34-31-29-27-26-28-30-32-35-38-41-45-49-53-57-61-65-69-73-77-81-92-86(91)80-76-72-68-64-60-56-52-48-42-22-20-18-16-14-12-10-8-6-4-2/h83-84,88-89H,3-82H2,1-2H3,(H,87,90). The Morgan fingerprint density at radius 3 is 0.663 bits per heavy atom. The highest BCUT2D eigenvalue weighted by atomic mass is 16.5. The number of aliphatic hydroxyl groups is 2. The number of amides is 1. The van der Waals surface area contributed by atoms with Crippen molar-refractivity contribution in [3.05, 3.63) is 0 Å². The van der Waals surface area contributed by atoms with Crippen molar-refractivity contribution < 1.29 is 24.5 Å². The molecule has 2 atom stereocenters. The first-order valence-electron chi connectivity index (χ1n) is 43.3. The highest BCUT2D eigenvalue weighted by Gasteiger charge is 2.20. The third-order valence-electron chi connectivity index (χ3n) is 20.9. The lowest BCUT2D eigenvalue weighted by molar-refractivity contribution is -0.143. The molecule has 2 unspecified atom stereocenters. The molecule has 6 heteroatoms. The van der Waals surface area contributed by atoms with Crippen molar-refractivity contribution in [2.45, 2.75) is 527 Å². The van der Waals surface area contributed by atoms with E-state index >= 15 is 0 Å². The number of aliphatic hydroxyl groups excluding tert-OH is 2. The Morgan fingerprint density at radius 2 is 0.446 bits per heavy atom. The average Bonchev–Trinajstić information content (AvgIpc) is 3.76. The van der Waals surface area contributed by atoms with Gasteiger partial charge in [-0.3, -0.25) is 9.59 Å². The van der Waals surface area contributed by atoms with E-state index in [1.807, 2.05) is 0 Å². The maximum absolute atomic E-state index is 12.6. The molecule has 6 nitrogen and oxygen atoms in total. The molecule has 0 aromatic rings. The van der Waals surface area contributed by atoms with Gasteiger partial charge in [0.05, 0.1) is 25.4 Å². The number of ether oxygens (including phenoxy) is 1. The van der Waals surface area contributed by atoms with Gasteiger partial charge in [0.1, 0.15) is 0 Å². The molecular formula is C86H171NO5. The lowest BCUT2D eigenvalue weighted by Gasteiger charge is -2.22. The van der Waals surface area contributed by atoms with Crippen LogP contribution in [-0.4, -0.2) is 47.4 Å². The maximum atomic E-state index is 12.6. The minimum absolute atomic E-state index is 0.0235. The summed E-state index contributed by atoms with van der Waals surface area (Å²) >= 11 is 0. The normalized spacial score (nSPS) is 12.3. The monoisotopic (exact) mass is 1300 g/mol. The Labute approximate surface area is 578 Å². The fourth-order valence-corrected chi connectivity index (χ4v) is 14.4. The van der Waals surface area contributed by atoms with Gasteiger partial charge < -0.3 is 20.3 Å². The van der Waals surface area contributed by atoms with Gasteiger partial charge in [0.15, 0.2) is 0 Å². The van der Waals surface area contributed by atoms with Crippen LogP contribution in [-0.2, 0) is 14.3 Å². The van der Waals surface area contributed by atoms with Gasteiger partial charge in [-0.15, -0.1) is 0 Å². The number of hydrogen-bond acceptors (Lipinski definition) is 5. The van der Waals surface area contributed by atoms with E-state index in [0.29, 0.717) is 25.9 Å². The van der Waals surface area contributed by atoms with Crippen molar-refractivity contribution >= 4 is 11.9 Å². The third-order valence-corrected chi connectivity index (χ3v) is 20.9. The van der Waals surface area contributed by atoms with Gasteiger partial charge in [-0.1, -0.05) is 476 Å². The fourth-order valence-electron chi connectivity index (χ4n) is 14.4. The number of carbonyl (C=O) groups is 2. The summed E-state index contributed by atoms with van der Waals surface area (Å²) in [5.74, 6) is 0.00389. The van der Waals surface area contributed by atoms with Crippen LogP contribution in [0.3, 0.4) is 0 Å². The Bertz CT molecular complexity index is 1360. The van der Waals surface area contributed by atoms with Gasteiger partial charge in [-0.25, -0.2) is 0 Å². The first kappa shape index (κ1) is 90.9.